The van der Waals surface area contributed by atoms with Crippen LogP contribution in [0.4, 0.5) is 31.7 Å². The smallest absolute Gasteiger partial charge is 0.388 e. The third-order valence-electron chi connectivity index (χ3n) is 5.71. The van der Waals surface area contributed by atoms with E-state index in [-0.39, 0.29) is 22.2 Å². The third-order valence-corrected chi connectivity index (χ3v) is 6.25. The number of alkyl halides is 2. The Labute approximate surface area is 207 Å². The topological polar surface area (TPSA) is 112 Å². The summed E-state index contributed by atoms with van der Waals surface area (Å²) in [6.45, 7) is -1.92. The standard InChI is InChI=1S/C21H22BrF2N7O4/c1-28-20(18(31(32)33)19(22)27-28)29-9-6-13(7-10-29)30(15-12-25-8-5-16(15)34-2)14-3-4-17(26-11-14)35-21(23)24/h3-5,8,11-13,21H,6-7,9-10H2,1-2H3. The molecule has 1 aliphatic heterocycles. The summed E-state index contributed by atoms with van der Waals surface area (Å²) in [5.74, 6) is 0.827. The van der Waals surface area contributed by atoms with Gasteiger partial charge < -0.3 is 19.3 Å². The van der Waals surface area contributed by atoms with Gasteiger partial charge in [-0.25, -0.2) is 9.67 Å². The van der Waals surface area contributed by atoms with Crippen LogP contribution in [0.1, 0.15) is 12.8 Å². The fraction of sp³-hybridized carbons (Fsp3) is 0.381. The number of aryl methyl sites for hydroxylation is 1. The average molecular weight is 554 g/mol. The average Bonchev–Trinajstić information content (AvgIpc) is 3.14. The van der Waals surface area contributed by atoms with Crippen LogP contribution < -0.4 is 19.3 Å². The molecule has 0 aliphatic carbocycles. The van der Waals surface area contributed by atoms with Crippen LogP contribution >= 0.6 is 15.9 Å². The lowest BCUT2D eigenvalue weighted by atomic mass is 10.0. The monoisotopic (exact) mass is 553 g/mol. The molecule has 0 saturated carbocycles. The van der Waals surface area contributed by atoms with Crippen molar-refractivity contribution in [2.75, 3.05) is 30.0 Å². The van der Waals surface area contributed by atoms with Crippen LogP contribution in [0, 0.1) is 10.1 Å². The van der Waals surface area contributed by atoms with Crippen molar-refractivity contribution in [3.8, 4) is 11.6 Å². The number of piperidine rings is 1. The molecule has 0 radical (unpaired) electrons. The van der Waals surface area contributed by atoms with Gasteiger partial charge in [0.05, 0.1) is 30.1 Å². The highest BCUT2D eigenvalue weighted by Crippen LogP contribution is 2.40. The van der Waals surface area contributed by atoms with Crippen LogP contribution in [0.5, 0.6) is 11.6 Å². The van der Waals surface area contributed by atoms with E-state index in [0.717, 1.165) is 0 Å². The van der Waals surface area contributed by atoms with Crippen molar-refractivity contribution in [3.05, 3.63) is 51.5 Å². The van der Waals surface area contributed by atoms with Crippen LogP contribution in [-0.4, -0.2) is 57.5 Å². The molecule has 35 heavy (non-hydrogen) atoms. The second kappa shape index (κ2) is 10.4. The molecule has 11 nitrogen and oxygen atoms in total. The predicted octanol–water partition coefficient (Wildman–Crippen LogP) is 4.30. The zero-order valence-electron chi connectivity index (χ0n) is 18.8. The van der Waals surface area contributed by atoms with Crippen molar-refractivity contribution in [1.82, 2.24) is 19.7 Å². The Morgan fingerprint density at radius 2 is 2.00 bits per heavy atom. The molecule has 14 heteroatoms. The molecule has 1 fully saturated rings. The molecule has 3 aromatic rings. The van der Waals surface area contributed by atoms with Crippen LogP contribution in [0.2, 0.25) is 0 Å². The van der Waals surface area contributed by atoms with Crippen LogP contribution in [0.3, 0.4) is 0 Å². The van der Waals surface area contributed by atoms with Crippen LogP contribution in [0.25, 0.3) is 0 Å². The van der Waals surface area contributed by atoms with Gasteiger partial charge in [0, 0.05) is 44.5 Å². The minimum atomic E-state index is -2.97. The maximum Gasteiger partial charge on any atom is 0.388 e. The van der Waals surface area contributed by atoms with E-state index >= 15 is 0 Å². The molecular formula is C21H22BrF2N7O4. The Kier molecular flexibility index (Phi) is 7.28. The number of hydrogen-bond donors (Lipinski definition) is 0. The third kappa shape index (κ3) is 5.11. The van der Waals surface area contributed by atoms with Gasteiger partial charge in [-0.3, -0.25) is 15.1 Å². The number of anilines is 3. The molecule has 0 aromatic carbocycles. The number of pyridine rings is 2. The van der Waals surface area contributed by atoms with Gasteiger partial charge >= 0.3 is 12.3 Å². The first-order valence-electron chi connectivity index (χ1n) is 10.6. The first-order chi connectivity index (χ1) is 16.8. The fourth-order valence-corrected chi connectivity index (χ4v) is 4.83. The van der Waals surface area contributed by atoms with Gasteiger partial charge in [0.2, 0.25) is 16.3 Å². The first kappa shape index (κ1) is 24.6. The second-order valence-corrected chi connectivity index (χ2v) is 8.46. The molecule has 1 aliphatic rings. The largest absolute Gasteiger partial charge is 0.494 e. The lowest BCUT2D eigenvalue weighted by Gasteiger charge is -2.40. The minimum absolute atomic E-state index is 0.0521. The highest BCUT2D eigenvalue weighted by atomic mass is 79.9. The maximum absolute atomic E-state index is 12.6. The summed E-state index contributed by atoms with van der Waals surface area (Å²) in [5.41, 5.74) is 1.26. The van der Waals surface area contributed by atoms with E-state index in [4.69, 9.17) is 4.74 Å². The van der Waals surface area contributed by atoms with Crippen molar-refractivity contribution in [2.24, 2.45) is 7.05 Å². The lowest BCUT2D eigenvalue weighted by molar-refractivity contribution is -0.385. The molecule has 1 saturated heterocycles. The van der Waals surface area contributed by atoms with Gasteiger partial charge in [-0.15, -0.1) is 0 Å². The van der Waals surface area contributed by atoms with Crippen LogP contribution in [-0.2, 0) is 7.05 Å². The Morgan fingerprint density at radius 3 is 2.60 bits per heavy atom. The maximum atomic E-state index is 12.6. The highest BCUT2D eigenvalue weighted by molar-refractivity contribution is 9.10. The molecule has 0 atom stereocenters. The zero-order chi connectivity index (χ0) is 25.1. The Bertz CT molecular complexity index is 1190. The number of nitrogens with zero attached hydrogens (tertiary/aromatic N) is 7. The molecule has 4 rings (SSSR count). The number of aromatic nitrogens is 4. The SMILES string of the molecule is COc1ccncc1N(c1ccc(OC(F)F)nc1)C1CCN(c2c([N+](=O)[O-])c(Br)nn2C)CC1. The van der Waals surface area contributed by atoms with Crippen molar-refractivity contribution in [1.29, 1.82) is 0 Å². The molecule has 3 aromatic heterocycles. The van der Waals surface area contributed by atoms with E-state index < -0.39 is 11.5 Å². The Morgan fingerprint density at radius 1 is 1.26 bits per heavy atom. The van der Waals surface area contributed by atoms with Crippen molar-refractivity contribution in [3.63, 3.8) is 0 Å². The van der Waals surface area contributed by atoms with Crippen molar-refractivity contribution < 1.29 is 23.2 Å². The zero-order valence-corrected chi connectivity index (χ0v) is 20.4. The summed E-state index contributed by atoms with van der Waals surface area (Å²) < 4.78 is 36.7. The number of methoxy groups -OCH3 is 1. The van der Waals surface area contributed by atoms with E-state index in [9.17, 15) is 18.9 Å². The van der Waals surface area contributed by atoms with Gasteiger partial charge in [0.15, 0.2) is 0 Å². The normalized spacial score (nSPS) is 14.3. The lowest BCUT2D eigenvalue weighted by Crippen LogP contribution is -2.44. The number of halogens is 3. The van der Waals surface area contributed by atoms with E-state index in [0.29, 0.717) is 48.9 Å². The van der Waals surface area contributed by atoms with Crippen molar-refractivity contribution in [2.45, 2.75) is 25.5 Å². The van der Waals surface area contributed by atoms with Gasteiger partial charge in [0.25, 0.3) is 0 Å². The summed E-state index contributed by atoms with van der Waals surface area (Å²) in [5, 5.41) is 15.8. The summed E-state index contributed by atoms with van der Waals surface area (Å²) in [7, 11) is 3.22. The molecule has 0 amide bonds. The number of ether oxygens (including phenoxy) is 2. The van der Waals surface area contributed by atoms with Gasteiger partial charge in [-0.1, -0.05) is 0 Å². The summed E-state index contributed by atoms with van der Waals surface area (Å²) in [6.07, 6.45) is 6.00. The van der Waals surface area contributed by atoms with Crippen LogP contribution in [0.15, 0.2) is 41.4 Å². The highest BCUT2D eigenvalue weighted by Gasteiger charge is 2.34. The molecule has 0 unspecified atom stereocenters. The van der Waals surface area contributed by atoms with Crippen molar-refractivity contribution >= 4 is 38.8 Å². The van der Waals surface area contributed by atoms with Gasteiger partial charge in [-0.05, 0) is 34.8 Å². The number of rotatable bonds is 8. The summed E-state index contributed by atoms with van der Waals surface area (Å²) in [4.78, 5) is 23.3. The molecule has 186 valence electrons. The molecule has 0 N–H and O–H groups in total. The van der Waals surface area contributed by atoms with Gasteiger partial charge in [0.1, 0.15) is 11.4 Å². The first-order valence-corrected chi connectivity index (χ1v) is 11.4. The summed E-state index contributed by atoms with van der Waals surface area (Å²) >= 11 is 3.17. The molecular weight excluding hydrogens is 532 g/mol. The predicted molar refractivity (Wildman–Crippen MR) is 127 cm³/mol. The Balaban J connectivity index is 1.63. The van der Waals surface area contributed by atoms with Gasteiger partial charge in [-0.2, -0.15) is 13.9 Å². The summed E-state index contributed by atoms with van der Waals surface area (Å²) in [6, 6.07) is 4.70. The molecule has 4 heterocycles. The van der Waals surface area contributed by atoms with E-state index in [1.165, 1.54) is 16.9 Å². The molecule has 0 spiro atoms. The minimum Gasteiger partial charge on any atom is -0.494 e. The van der Waals surface area contributed by atoms with E-state index in [1.54, 1.807) is 38.7 Å². The Hall–Kier alpha value is -3.55. The second-order valence-electron chi connectivity index (χ2n) is 7.71. The van der Waals surface area contributed by atoms with E-state index in [2.05, 4.69) is 35.7 Å². The number of nitro groups is 1. The quantitative estimate of drug-likeness (QED) is 0.297. The molecule has 0 bridgehead atoms. The fourth-order valence-electron chi connectivity index (χ4n) is 4.27. The number of hydrogen-bond acceptors (Lipinski definition) is 9. The van der Waals surface area contributed by atoms with E-state index in [1.807, 2.05) is 9.80 Å².